The second-order valence-corrected chi connectivity index (χ2v) is 8.85. The van der Waals surface area contributed by atoms with Crippen LogP contribution in [0.4, 0.5) is 0 Å². The van der Waals surface area contributed by atoms with Gasteiger partial charge >= 0.3 is 5.97 Å². The molecular weight excluding hydrogens is 316 g/mol. The fourth-order valence-electron chi connectivity index (χ4n) is 5.28. The van der Waals surface area contributed by atoms with E-state index in [1.54, 1.807) is 13.8 Å². The van der Waals surface area contributed by atoms with Crippen molar-refractivity contribution in [3.8, 4) is 0 Å². The first kappa shape index (κ1) is 18.4. The number of hydrogen-bond acceptors (Lipinski definition) is 4. The number of hydrogen-bond donors (Lipinski definition) is 2. The van der Waals surface area contributed by atoms with Crippen molar-refractivity contribution in [3.05, 3.63) is 34.9 Å². The predicted octanol–water partition coefficient (Wildman–Crippen LogP) is 3.59. The third-order valence-electron chi connectivity index (χ3n) is 6.77. The summed E-state index contributed by atoms with van der Waals surface area (Å²) in [7, 11) is 1.45. The highest BCUT2D eigenvalue weighted by Crippen LogP contribution is 2.59. The van der Waals surface area contributed by atoms with Crippen LogP contribution in [0.15, 0.2) is 18.2 Å². The maximum atomic E-state index is 12.6. The van der Waals surface area contributed by atoms with Gasteiger partial charge in [0.25, 0.3) is 0 Å². The van der Waals surface area contributed by atoms with Gasteiger partial charge in [0.2, 0.25) is 0 Å². The molecule has 0 unspecified atom stereocenters. The maximum absolute atomic E-state index is 12.6. The average molecular weight is 346 g/mol. The number of esters is 1. The Hall–Kier alpha value is -1.39. The van der Waals surface area contributed by atoms with Crippen molar-refractivity contribution in [1.29, 1.82) is 0 Å². The van der Waals surface area contributed by atoms with Crippen molar-refractivity contribution < 1.29 is 19.7 Å². The summed E-state index contributed by atoms with van der Waals surface area (Å²) in [5.74, 6) is -0.135. The molecule has 2 aliphatic rings. The molecule has 0 bridgehead atoms. The van der Waals surface area contributed by atoms with Gasteiger partial charge in [0.15, 0.2) is 0 Å². The van der Waals surface area contributed by atoms with E-state index in [0.717, 1.165) is 36.0 Å². The molecule has 0 heterocycles. The number of carbonyl (C=O) groups is 1. The van der Waals surface area contributed by atoms with Crippen LogP contribution in [0.3, 0.4) is 0 Å². The van der Waals surface area contributed by atoms with Gasteiger partial charge in [-0.15, -0.1) is 0 Å². The molecule has 0 aliphatic heterocycles. The lowest BCUT2D eigenvalue weighted by Crippen LogP contribution is -2.53. The lowest BCUT2D eigenvalue weighted by molar-refractivity contribution is -0.162. The summed E-state index contributed by atoms with van der Waals surface area (Å²) in [5.41, 5.74) is 1.12. The van der Waals surface area contributed by atoms with E-state index in [1.807, 2.05) is 25.1 Å². The van der Waals surface area contributed by atoms with E-state index in [-0.39, 0.29) is 17.3 Å². The molecule has 1 aromatic rings. The van der Waals surface area contributed by atoms with Crippen LogP contribution >= 0.6 is 0 Å². The maximum Gasteiger partial charge on any atom is 0.311 e. The molecule has 0 amide bonds. The van der Waals surface area contributed by atoms with Gasteiger partial charge < -0.3 is 14.9 Å². The largest absolute Gasteiger partial charge is 0.469 e. The molecule has 4 nitrogen and oxygen atoms in total. The summed E-state index contributed by atoms with van der Waals surface area (Å²) in [6.07, 6.45) is 2.67. The van der Waals surface area contributed by atoms with Gasteiger partial charge in [-0.1, -0.05) is 31.5 Å². The second kappa shape index (κ2) is 5.82. The van der Waals surface area contributed by atoms with E-state index in [4.69, 9.17) is 4.74 Å². The third-order valence-corrected chi connectivity index (χ3v) is 6.77. The number of fused-ring (bicyclic) bond motifs is 3. The minimum absolute atomic E-state index is 0.0386. The van der Waals surface area contributed by atoms with Crippen LogP contribution in [0.5, 0.6) is 0 Å². The second-order valence-electron chi connectivity index (χ2n) is 8.85. The summed E-state index contributed by atoms with van der Waals surface area (Å²) in [6.45, 7) is 7.71. The highest BCUT2D eigenvalue weighted by molar-refractivity contribution is 5.77. The lowest BCUT2D eigenvalue weighted by Gasteiger charge is -2.55. The summed E-state index contributed by atoms with van der Waals surface area (Å²) < 4.78 is 5.12. The molecule has 4 atom stereocenters. The number of aliphatic hydroxyl groups excluding tert-OH is 1. The van der Waals surface area contributed by atoms with Gasteiger partial charge in [-0.2, -0.15) is 0 Å². The minimum atomic E-state index is -0.945. The Balaban J connectivity index is 2.13. The third kappa shape index (κ3) is 2.70. The van der Waals surface area contributed by atoms with Gasteiger partial charge in [0, 0.05) is 0 Å². The van der Waals surface area contributed by atoms with E-state index in [0.29, 0.717) is 6.42 Å². The predicted molar refractivity (Wildman–Crippen MR) is 96.1 cm³/mol. The van der Waals surface area contributed by atoms with Crippen molar-refractivity contribution in [3.63, 3.8) is 0 Å². The number of rotatable bonds is 2. The number of aliphatic hydroxyl groups is 2. The smallest absolute Gasteiger partial charge is 0.311 e. The van der Waals surface area contributed by atoms with Crippen LogP contribution in [0.1, 0.15) is 76.2 Å². The van der Waals surface area contributed by atoms with Crippen molar-refractivity contribution in [2.24, 2.45) is 11.3 Å². The SMILES string of the molecule is COC(=O)[C@]1(C)CCC[C@]2(C)c3ccc(C(C)(C)O)cc3[C@H](O)C[C@@H]12. The molecule has 1 saturated carbocycles. The van der Waals surface area contributed by atoms with Crippen LogP contribution in [-0.4, -0.2) is 23.3 Å². The highest BCUT2D eigenvalue weighted by Gasteiger charge is 2.57. The highest BCUT2D eigenvalue weighted by atomic mass is 16.5. The topological polar surface area (TPSA) is 66.8 Å². The normalized spacial score (nSPS) is 34.8. The molecule has 1 fully saturated rings. The van der Waals surface area contributed by atoms with Crippen LogP contribution in [0, 0.1) is 11.3 Å². The molecule has 1 aromatic carbocycles. The van der Waals surface area contributed by atoms with Crippen molar-refractivity contribution in [2.45, 2.75) is 70.5 Å². The fourth-order valence-corrected chi connectivity index (χ4v) is 5.28. The van der Waals surface area contributed by atoms with Gasteiger partial charge in [-0.05, 0) is 68.1 Å². The van der Waals surface area contributed by atoms with Crippen LogP contribution in [0.2, 0.25) is 0 Å². The Kier molecular flexibility index (Phi) is 4.28. The van der Waals surface area contributed by atoms with Gasteiger partial charge in [-0.25, -0.2) is 0 Å². The van der Waals surface area contributed by atoms with E-state index in [2.05, 4.69) is 6.92 Å². The van der Waals surface area contributed by atoms with Crippen molar-refractivity contribution >= 4 is 5.97 Å². The minimum Gasteiger partial charge on any atom is -0.469 e. The van der Waals surface area contributed by atoms with E-state index < -0.39 is 17.1 Å². The molecule has 0 saturated heterocycles. The Labute approximate surface area is 150 Å². The monoisotopic (exact) mass is 346 g/mol. The van der Waals surface area contributed by atoms with Gasteiger partial charge in [0.1, 0.15) is 0 Å². The van der Waals surface area contributed by atoms with Gasteiger partial charge in [-0.3, -0.25) is 4.79 Å². The van der Waals surface area contributed by atoms with Crippen molar-refractivity contribution in [2.75, 3.05) is 7.11 Å². The van der Waals surface area contributed by atoms with Crippen LogP contribution < -0.4 is 0 Å². The molecule has 3 rings (SSSR count). The Morgan fingerprint density at radius 3 is 2.56 bits per heavy atom. The van der Waals surface area contributed by atoms with E-state index in [9.17, 15) is 15.0 Å². The zero-order valence-electron chi connectivity index (χ0n) is 15.9. The molecular formula is C21H30O4. The Morgan fingerprint density at radius 2 is 1.96 bits per heavy atom. The molecule has 0 aromatic heterocycles. The van der Waals surface area contributed by atoms with Gasteiger partial charge in [0.05, 0.1) is 24.2 Å². The van der Waals surface area contributed by atoms with E-state index >= 15 is 0 Å². The summed E-state index contributed by atoms with van der Waals surface area (Å²) in [4.78, 5) is 12.6. The first-order valence-corrected chi connectivity index (χ1v) is 9.18. The summed E-state index contributed by atoms with van der Waals surface area (Å²) in [6, 6.07) is 5.93. The number of carbonyl (C=O) groups excluding carboxylic acids is 1. The zero-order valence-corrected chi connectivity index (χ0v) is 15.9. The molecule has 2 aliphatic carbocycles. The molecule has 2 N–H and O–H groups in total. The quantitative estimate of drug-likeness (QED) is 0.803. The molecule has 25 heavy (non-hydrogen) atoms. The Morgan fingerprint density at radius 1 is 1.28 bits per heavy atom. The number of methoxy groups -OCH3 is 1. The van der Waals surface area contributed by atoms with Crippen LogP contribution in [-0.2, 0) is 20.5 Å². The zero-order chi connectivity index (χ0) is 18.6. The first-order chi connectivity index (χ1) is 11.5. The number of ether oxygens (including phenoxy) is 1. The molecule has 138 valence electrons. The Bertz CT molecular complexity index is 690. The average Bonchev–Trinajstić information content (AvgIpc) is 2.55. The first-order valence-electron chi connectivity index (χ1n) is 9.18. The standard InChI is InChI=1S/C21H30O4/c1-19(2,24)13-7-8-15-14(11-13)16(22)12-17-20(15,3)9-6-10-21(17,4)18(23)25-5/h7-8,11,16-17,22,24H,6,9-10,12H2,1-5H3/t16-,17-,20-,21-/m1/s1. The number of benzene rings is 1. The summed E-state index contributed by atoms with van der Waals surface area (Å²) >= 11 is 0. The molecule has 0 radical (unpaired) electrons. The van der Waals surface area contributed by atoms with Crippen LogP contribution in [0.25, 0.3) is 0 Å². The fraction of sp³-hybridized carbons (Fsp3) is 0.667. The molecule has 4 heteroatoms. The van der Waals surface area contributed by atoms with E-state index in [1.165, 1.54) is 7.11 Å². The lowest BCUT2D eigenvalue weighted by atomic mass is 9.49. The molecule has 0 spiro atoms. The van der Waals surface area contributed by atoms with Crippen molar-refractivity contribution in [1.82, 2.24) is 0 Å². The summed E-state index contributed by atoms with van der Waals surface area (Å²) in [5, 5.41) is 21.2.